The van der Waals surface area contributed by atoms with Crippen LogP contribution in [0.1, 0.15) is 27.7 Å². The Balaban J connectivity index is 3.02. The van der Waals surface area contributed by atoms with Gasteiger partial charge in [0.1, 0.15) is 16.6 Å². The number of carbonyl (C=O) groups excluding carboxylic acids is 3. The molecule has 0 unspecified atom stereocenters. The summed E-state index contributed by atoms with van der Waals surface area (Å²) in [5, 5.41) is 0. The lowest BCUT2D eigenvalue weighted by molar-refractivity contribution is -0.258. The summed E-state index contributed by atoms with van der Waals surface area (Å²) in [6, 6.07) is 0. The van der Waals surface area contributed by atoms with Gasteiger partial charge in [-0.1, -0.05) is 22.6 Å². The minimum atomic E-state index is -0.894. The highest BCUT2D eigenvalue weighted by Crippen LogP contribution is 2.32. The molecule has 1 aliphatic heterocycles. The first-order chi connectivity index (χ1) is 10.8. The van der Waals surface area contributed by atoms with E-state index in [0.717, 1.165) is 0 Å². The maximum atomic E-state index is 11.4. The fourth-order valence-electron chi connectivity index (χ4n) is 2.16. The molecule has 0 aromatic carbocycles. The van der Waals surface area contributed by atoms with Gasteiger partial charge >= 0.3 is 17.9 Å². The smallest absolute Gasteiger partial charge is 0.303 e. The molecule has 1 aliphatic rings. The van der Waals surface area contributed by atoms with Crippen LogP contribution in [-0.2, 0) is 38.1 Å². The van der Waals surface area contributed by atoms with Crippen molar-refractivity contribution in [1.82, 2.24) is 0 Å². The van der Waals surface area contributed by atoms with Crippen LogP contribution >= 0.6 is 22.6 Å². The molecule has 0 aliphatic carbocycles. The maximum Gasteiger partial charge on any atom is 0.303 e. The summed E-state index contributed by atoms with van der Waals surface area (Å²) in [6.45, 7) is 5.81. The first-order valence-electron chi connectivity index (χ1n) is 7.15. The second-order valence-corrected chi connectivity index (χ2v) is 6.33. The average molecular weight is 444 g/mol. The maximum absolute atomic E-state index is 11.4. The number of esters is 3. The predicted molar refractivity (Wildman–Crippen MR) is 85.8 cm³/mol. The molecule has 0 saturated carbocycles. The Labute approximate surface area is 148 Å². The second-order valence-electron chi connectivity index (χ2n) is 4.89. The van der Waals surface area contributed by atoms with Crippen LogP contribution in [0.5, 0.6) is 0 Å². The fourth-order valence-corrected chi connectivity index (χ4v) is 3.09. The van der Waals surface area contributed by atoms with Crippen LogP contribution in [0.2, 0.25) is 0 Å². The third kappa shape index (κ3) is 6.22. The molecule has 0 radical (unpaired) electrons. The number of hydrogen-bond acceptors (Lipinski definition) is 8. The summed E-state index contributed by atoms with van der Waals surface area (Å²) in [7, 11) is 0. The van der Waals surface area contributed by atoms with E-state index in [4.69, 9.17) is 23.7 Å². The van der Waals surface area contributed by atoms with Gasteiger partial charge in [0.05, 0.1) is 0 Å². The van der Waals surface area contributed by atoms with E-state index in [1.807, 2.05) is 22.6 Å². The third-order valence-corrected chi connectivity index (χ3v) is 4.25. The van der Waals surface area contributed by atoms with Crippen molar-refractivity contribution < 1.29 is 38.1 Å². The first kappa shape index (κ1) is 20.1. The highest BCUT2D eigenvalue weighted by Gasteiger charge is 2.49. The molecule has 1 rings (SSSR count). The Bertz CT molecular complexity index is 440. The first-order valence-corrected chi connectivity index (χ1v) is 8.39. The lowest BCUT2D eigenvalue weighted by atomic mass is 10.0. The summed E-state index contributed by atoms with van der Waals surface area (Å²) >= 11 is 2.03. The van der Waals surface area contributed by atoms with Crippen molar-refractivity contribution in [1.29, 1.82) is 0 Å². The van der Waals surface area contributed by atoms with E-state index in [9.17, 15) is 14.4 Å². The molecule has 0 aromatic heterocycles. The van der Waals surface area contributed by atoms with E-state index in [0.29, 0.717) is 6.61 Å². The number of hydrogen-bond donors (Lipinski definition) is 0. The van der Waals surface area contributed by atoms with Crippen molar-refractivity contribution in [3.63, 3.8) is 0 Å². The second kappa shape index (κ2) is 9.38. The Morgan fingerprint density at radius 2 is 1.57 bits per heavy atom. The van der Waals surface area contributed by atoms with Crippen LogP contribution in [0.4, 0.5) is 0 Å². The van der Waals surface area contributed by atoms with E-state index in [1.165, 1.54) is 20.8 Å². The molecule has 23 heavy (non-hydrogen) atoms. The van der Waals surface area contributed by atoms with E-state index >= 15 is 0 Å². The van der Waals surface area contributed by atoms with Crippen LogP contribution in [-0.4, -0.2) is 59.6 Å². The molecule has 0 spiro atoms. The van der Waals surface area contributed by atoms with Gasteiger partial charge in [-0.25, -0.2) is 0 Å². The summed E-state index contributed by atoms with van der Waals surface area (Å²) in [5.41, 5.74) is 0. The predicted octanol–water partition coefficient (Wildman–Crippen LogP) is 0.978. The Morgan fingerprint density at radius 1 is 1.00 bits per heavy atom. The lowest BCUT2D eigenvalue weighted by Gasteiger charge is -2.42. The van der Waals surface area contributed by atoms with E-state index < -0.39 is 46.4 Å². The molecule has 1 fully saturated rings. The highest BCUT2D eigenvalue weighted by atomic mass is 127. The van der Waals surface area contributed by atoms with Crippen LogP contribution in [0.25, 0.3) is 0 Å². The Kier molecular flexibility index (Phi) is 8.20. The number of carbonyl (C=O) groups is 3. The fraction of sp³-hybridized carbons (Fsp3) is 0.786. The zero-order valence-corrected chi connectivity index (χ0v) is 15.6. The molecule has 5 atom stereocenters. The van der Waals surface area contributed by atoms with Crippen molar-refractivity contribution in [2.24, 2.45) is 0 Å². The van der Waals surface area contributed by atoms with Gasteiger partial charge < -0.3 is 23.7 Å². The molecule has 0 aromatic rings. The van der Waals surface area contributed by atoms with Gasteiger partial charge in [-0.05, 0) is 6.92 Å². The van der Waals surface area contributed by atoms with Crippen LogP contribution < -0.4 is 0 Å². The lowest BCUT2D eigenvalue weighted by Crippen LogP contribution is -2.60. The Morgan fingerprint density at radius 3 is 2.04 bits per heavy atom. The molecule has 0 bridgehead atoms. The number of ether oxygens (including phenoxy) is 5. The van der Waals surface area contributed by atoms with Crippen LogP contribution in [0.15, 0.2) is 0 Å². The molecule has 1 heterocycles. The third-order valence-electron chi connectivity index (χ3n) is 2.96. The summed E-state index contributed by atoms with van der Waals surface area (Å²) in [4.78, 5) is 33.8. The quantitative estimate of drug-likeness (QED) is 0.259. The Hall–Kier alpha value is -0.940. The molecule has 0 N–H and O–H groups in total. The van der Waals surface area contributed by atoms with Crippen molar-refractivity contribution in [2.75, 3.05) is 13.2 Å². The summed E-state index contributed by atoms with van der Waals surface area (Å²) in [6.07, 6.45) is -3.15. The average Bonchev–Trinajstić information content (AvgIpc) is 2.43. The monoisotopic (exact) mass is 444 g/mol. The van der Waals surface area contributed by atoms with E-state index in [1.54, 1.807) is 6.92 Å². The molecule has 0 amide bonds. The van der Waals surface area contributed by atoms with Crippen LogP contribution in [0.3, 0.4) is 0 Å². The summed E-state index contributed by atoms with van der Waals surface area (Å²) < 4.78 is 26.4. The normalized spacial score (nSPS) is 30.4. The topological polar surface area (TPSA) is 97.4 Å². The molecular formula is C14H21IO8. The molecular weight excluding hydrogens is 423 g/mol. The molecule has 132 valence electrons. The number of halogens is 1. The van der Waals surface area contributed by atoms with Gasteiger partial charge in [0, 0.05) is 27.4 Å². The van der Waals surface area contributed by atoms with Crippen molar-refractivity contribution in [3.05, 3.63) is 0 Å². The zero-order chi connectivity index (χ0) is 17.6. The van der Waals surface area contributed by atoms with Crippen LogP contribution in [0, 0.1) is 0 Å². The summed E-state index contributed by atoms with van der Waals surface area (Å²) in [5.74, 6) is -1.57. The SMILES string of the molecule is CCO[C@H]1O[C@H](COC(C)=O)[C@@H](OC(C)=O)[C@H](OC(C)=O)[C@@H]1I. The van der Waals surface area contributed by atoms with Crippen molar-refractivity contribution in [2.45, 2.75) is 56.2 Å². The van der Waals surface area contributed by atoms with Crippen molar-refractivity contribution in [3.8, 4) is 0 Å². The standard InChI is InChI=1S/C14H21IO8/c1-5-19-14-11(15)13(22-9(4)18)12(21-8(3)17)10(23-14)6-20-7(2)16/h10-14H,5-6H2,1-4H3/t10-,11+,12-,13-,14+/m1/s1. The molecule has 1 saturated heterocycles. The highest BCUT2D eigenvalue weighted by molar-refractivity contribution is 14.1. The number of rotatable bonds is 6. The number of alkyl halides is 1. The molecule has 8 nitrogen and oxygen atoms in total. The van der Waals surface area contributed by atoms with Gasteiger partial charge in [-0.15, -0.1) is 0 Å². The minimum absolute atomic E-state index is 0.141. The van der Waals surface area contributed by atoms with E-state index in [2.05, 4.69) is 0 Å². The van der Waals surface area contributed by atoms with Gasteiger partial charge in [-0.3, -0.25) is 14.4 Å². The minimum Gasteiger partial charge on any atom is -0.463 e. The molecule has 9 heteroatoms. The van der Waals surface area contributed by atoms with Gasteiger partial charge in [0.2, 0.25) is 0 Å². The van der Waals surface area contributed by atoms with Gasteiger partial charge in [-0.2, -0.15) is 0 Å². The van der Waals surface area contributed by atoms with Crippen molar-refractivity contribution >= 4 is 40.5 Å². The van der Waals surface area contributed by atoms with Gasteiger partial charge in [0.15, 0.2) is 18.5 Å². The van der Waals surface area contributed by atoms with E-state index in [-0.39, 0.29) is 6.61 Å². The largest absolute Gasteiger partial charge is 0.463 e. The zero-order valence-electron chi connectivity index (χ0n) is 13.4. The van der Waals surface area contributed by atoms with Gasteiger partial charge in [0.25, 0.3) is 0 Å².